The van der Waals surface area contributed by atoms with Gasteiger partial charge in [0.2, 0.25) is 0 Å². The zero-order valence-electron chi connectivity index (χ0n) is 36.3. The molecule has 2 heterocycles. The van der Waals surface area contributed by atoms with E-state index < -0.39 is 0 Å². The van der Waals surface area contributed by atoms with Gasteiger partial charge in [-0.25, -0.2) is 5.01 Å². The zero-order chi connectivity index (χ0) is 43.6. The Kier molecular flexibility index (Phi) is 8.92. The van der Waals surface area contributed by atoms with Crippen molar-refractivity contribution in [2.24, 2.45) is 5.10 Å². The number of aromatic nitrogens is 1. The van der Waals surface area contributed by atoms with Crippen molar-refractivity contribution in [3.63, 3.8) is 0 Å². The first-order valence-electron chi connectivity index (χ1n) is 22.3. The minimum Gasteiger partial charge on any atom is -0.310 e. The Labute approximate surface area is 379 Å². The summed E-state index contributed by atoms with van der Waals surface area (Å²) in [5, 5.41) is 10.1. The molecule has 5 nitrogen and oxygen atoms in total. The number of para-hydroxylation sites is 5. The smallest absolute Gasteiger partial charge is 0.165 e. The number of hydrogen-bond acceptors (Lipinski definition) is 4. The highest BCUT2D eigenvalue weighted by atomic mass is 15.5. The summed E-state index contributed by atoms with van der Waals surface area (Å²) in [4.78, 5) is 4.55. The predicted molar refractivity (Wildman–Crippen MR) is 273 cm³/mol. The predicted octanol–water partition coefficient (Wildman–Crippen LogP) is 15.6. The Hall–Kier alpha value is -8.41. The van der Waals surface area contributed by atoms with E-state index in [-0.39, 0.29) is 5.41 Å². The van der Waals surface area contributed by atoms with Gasteiger partial charge in [0.25, 0.3) is 0 Å². The van der Waals surface area contributed by atoms with Crippen LogP contribution in [0.15, 0.2) is 236 Å². The fourth-order valence-electron chi connectivity index (χ4n) is 10.2. The van der Waals surface area contributed by atoms with E-state index in [9.17, 15) is 0 Å². The van der Waals surface area contributed by atoms with Crippen LogP contribution in [0.1, 0.15) is 36.1 Å². The molecule has 12 rings (SSSR count). The van der Waals surface area contributed by atoms with Gasteiger partial charge in [0.05, 0.1) is 22.4 Å². The van der Waals surface area contributed by atoms with Gasteiger partial charge in [0.15, 0.2) is 5.84 Å². The lowest BCUT2D eigenvalue weighted by atomic mass is 9.82. The highest BCUT2D eigenvalue weighted by Gasteiger charge is 2.37. The third-order valence-corrected chi connectivity index (χ3v) is 13.2. The second-order valence-corrected chi connectivity index (χ2v) is 17.4. The Bertz CT molecular complexity index is 3430. The van der Waals surface area contributed by atoms with Gasteiger partial charge < -0.3 is 9.47 Å². The van der Waals surface area contributed by atoms with Gasteiger partial charge in [0, 0.05) is 61.4 Å². The summed E-state index contributed by atoms with van der Waals surface area (Å²) in [6, 6.07) is 80.0. The molecule has 9 aromatic carbocycles. The van der Waals surface area contributed by atoms with Gasteiger partial charge in [0.1, 0.15) is 0 Å². The van der Waals surface area contributed by atoms with E-state index in [1.165, 1.54) is 22.3 Å². The molecule has 0 unspecified atom stereocenters. The molecule has 65 heavy (non-hydrogen) atoms. The third kappa shape index (κ3) is 6.11. The molecule has 0 N–H and O–H groups in total. The Morgan fingerprint density at radius 1 is 0.462 bits per heavy atom. The monoisotopic (exact) mass is 835 g/mol. The van der Waals surface area contributed by atoms with Crippen LogP contribution in [-0.2, 0) is 5.41 Å². The molecule has 2 aliphatic rings. The molecular weight excluding hydrogens is 791 g/mol. The van der Waals surface area contributed by atoms with E-state index in [4.69, 9.17) is 11.7 Å². The normalized spacial score (nSPS) is 13.9. The van der Waals surface area contributed by atoms with Crippen LogP contribution in [-0.4, -0.2) is 10.4 Å². The number of benzene rings is 9. The molecule has 5 heteroatoms. The van der Waals surface area contributed by atoms with E-state index in [1.54, 1.807) is 0 Å². The van der Waals surface area contributed by atoms with Gasteiger partial charge >= 0.3 is 0 Å². The number of hydrogen-bond donors (Lipinski definition) is 0. The Morgan fingerprint density at radius 3 is 1.66 bits per heavy atom. The molecule has 0 atom stereocenters. The molecule has 1 aliphatic carbocycles. The Morgan fingerprint density at radius 2 is 1.00 bits per heavy atom. The number of anilines is 6. The van der Waals surface area contributed by atoms with Crippen molar-refractivity contribution in [2.75, 3.05) is 14.8 Å². The molecule has 1 aromatic heterocycles. The molecule has 0 saturated carbocycles. The first kappa shape index (κ1) is 38.3. The standard InChI is InChI=1S/C60H45N5/c1-41-49-37-38-56-57(58(49)65(46-29-17-8-18-30-46)61-59(42-21-9-4-10-22-42)62(41)43-23-11-5-12-24-43)52-31-19-20-32-55(52)64(56)48-34-36-51-50-35-33-47(39-53(50)60(2,3)54(51)40-48)63(44-25-13-6-14-26-44)45-27-15-7-16-28-45/h4-40H,1H2,2-3H3. The van der Waals surface area contributed by atoms with Gasteiger partial charge in [-0.2, -0.15) is 0 Å². The second kappa shape index (κ2) is 15.1. The molecule has 310 valence electrons. The maximum atomic E-state index is 5.65. The average Bonchev–Trinajstić information content (AvgIpc) is 3.76. The van der Waals surface area contributed by atoms with Gasteiger partial charge in [-0.05, 0) is 113 Å². The van der Waals surface area contributed by atoms with Crippen molar-refractivity contribution in [3.05, 3.63) is 253 Å². The first-order valence-corrected chi connectivity index (χ1v) is 22.3. The first-order chi connectivity index (χ1) is 32.0. The number of amidine groups is 1. The summed E-state index contributed by atoms with van der Waals surface area (Å²) in [5.74, 6) is 0.790. The van der Waals surface area contributed by atoms with Crippen LogP contribution in [0.5, 0.6) is 0 Å². The fourth-order valence-corrected chi connectivity index (χ4v) is 10.2. The summed E-state index contributed by atoms with van der Waals surface area (Å²) in [6.07, 6.45) is 0. The van der Waals surface area contributed by atoms with Crippen LogP contribution in [0.2, 0.25) is 0 Å². The van der Waals surface area contributed by atoms with Crippen molar-refractivity contribution >= 4 is 67.5 Å². The quantitative estimate of drug-likeness (QED) is 0.160. The number of rotatable bonds is 7. The van der Waals surface area contributed by atoms with Gasteiger partial charge in [-0.3, -0.25) is 4.90 Å². The Balaban J connectivity index is 1.05. The molecule has 0 spiro atoms. The van der Waals surface area contributed by atoms with Crippen LogP contribution in [0.25, 0.3) is 44.3 Å². The van der Waals surface area contributed by atoms with E-state index >= 15 is 0 Å². The molecular formula is C60H45N5. The van der Waals surface area contributed by atoms with Crippen LogP contribution in [0, 0.1) is 0 Å². The number of fused-ring (bicyclic) bond motifs is 8. The summed E-state index contributed by atoms with van der Waals surface area (Å²) >= 11 is 0. The van der Waals surface area contributed by atoms with Crippen molar-refractivity contribution in [1.82, 2.24) is 4.57 Å². The summed E-state index contributed by atoms with van der Waals surface area (Å²) in [6.45, 7) is 9.61. The molecule has 0 saturated heterocycles. The molecule has 1 aliphatic heterocycles. The zero-order valence-corrected chi connectivity index (χ0v) is 36.3. The minimum absolute atomic E-state index is 0.267. The maximum Gasteiger partial charge on any atom is 0.165 e. The third-order valence-electron chi connectivity index (χ3n) is 13.2. The average molecular weight is 836 g/mol. The van der Waals surface area contributed by atoms with Gasteiger partial charge in [-0.1, -0.05) is 154 Å². The largest absolute Gasteiger partial charge is 0.310 e. The van der Waals surface area contributed by atoms with E-state index in [0.29, 0.717) is 0 Å². The van der Waals surface area contributed by atoms with Crippen LogP contribution in [0.4, 0.5) is 34.1 Å². The second-order valence-electron chi connectivity index (χ2n) is 17.4. The molecule has 10 aromatic rings. The molecule has 0 bridgehead atoms. The maximum absolute atomic E-state index is 5.65. The minimum atomic E-state index is -0.267. The summed E-state index contributed by atoms with van der Waals surface area (Å²) < 4.78 is 2.44. The van der Waals surface area contributed by atoms with Crippen molar-refractivity contribution in [2.45, 2.75) is 19.3 Å². The lowest BCUT2D eigenvalue weighted by Crippen LogP contribution is -2.30. The van der Waals surface area contributed by atoms with Crippen molar-refractivity contribution < 1.29 is 0 Å². The van der Waals surface area contributed by atoms with E-state index in [2.05, 4.69) is 246 Å². The van der Waals surface area contributed by atoms with Crippen molar-refractivity contribution in [1.29, 1.82) is 0 Å². The van der Waals surface area contributed by atoms with E-state index in [1.807, 2.05) is 12.1 Å². The number of nitrogens with zero attached hydrogens (tertiary/aromatic N) is 5. The summed E-state index contributed by atoms with van der Waals surface area (Å²) in [7, 11) is 0. The lowest BCUT2D eigenvalue weighted by molar-refractivity contribution is 0.660. The topological polar surface area (TPSA) is 27.0 Å². The fraction of sp³-hybridized carbons (Fsp3) is 0.0500. The van der Waals surface area contributed by atoms with Crippen LogP contribution < -0.4 is 14.8 Å². The van der Waals surface area contributed by atoms with Crippen LogP contribution in [0.3, 0.4) is 0 Å². The SMILES string of the molecule is C=C1c2ccc3c(c2N(c2ccccc2)N=C(c2ccccc2)N1c1ccccc1)c1ccccc1n3-c1ccc2c(c1)C(C)(C)c1cc(N(c3ccccc3)c3ccccc3)ccc1-2. The molecule has 0 radical (unpaired) electrons. The van der Waals surface area contributed by atoms with Crippen molar-refractivity contribution in [3.8, 4) is 16.8 Å². The lowest BCUT2D eigenvalue weighted by Gasteiger charge is -2.28. The molecule has 0 fully saturated rings. The summed E-state index contributed by atoms with van der Waals surface area (Å²) in [5.41, 5.74) is 17.4. The molecule has 0 amide bonds. The van der Waals surface area contributed by atoms with E-state index in [0.717, 1.165) is 84.3 Å². The highest BCUT2D eigenvalue weighted by molar-refractivity contribution is 6.24. The van der Waals surface area contributed by atoms with Gasteiger partial charge in [-0.15, -0.1) is 5.10 Å². The number of hydrazone groups is 1. The highest BCUT2D eigenvalue weighted by Crippen LogP contribution is 2.53. The van der Waals surface area contributed by atoms with Crippen LogP contribution >= 0.6 is 0 Å².